The lowest BCUT2D eigenvalue weighted by molar-refractivity contribution is -0.125. The van der Waals surface area contributed by atoms with E-state index in [0.29, 0.717) is 0 Å². The van der Waals surface area contributed by atoms with Crippen molar-refractivity contribution in [2.75, 3.05) is 6.54 Å². The van der Waals surface area contributed by atoms with Crippen LogP contribution in [0.15, 0.2) is 24.3 Å². The van der Waals surface area contributed by atoms with Gasteiger partial charge in [0, 0.05) is 17.9 Å². The molecule has 0 radical (unpaired) electrons. The number of aryl methyl sites for hydroxylation is 1. The van der Waals surface area contributed by atoms with Gasteiger partial charge < -0.3 is 5.32 Å². The zero-order chi connectivity index (χ0) is 10.5. The second-order valence-electron chi connectivity index (χ2n) is 4.78. The lowest BCUT2D eigenvalue weighted by Gasteiger charge is -2.43. The molecule has 1 aliphatic heterocycles. The van der Waals surface area contributed by atoms with Crippen molar-refractivity contribution >= 4 is 5.91 Å². The Balaban J connectivity index is 2.08. The van der Waals surface area contributed by atoms with E-state index in [1.165, 1.54) is 11.1 Å². The van der Waals surface area contributed by atoms with Crippen LogP contribution in [0.4, 0.5) is 0 Å². The van der Waals surface area contributed by atoms with E-state index in [9.17, 15) is 4.79 Å². The molecule has 1 saturated heterocycles. The van der Waals surface area contributed by atoms with E-state index in [0.717, 1.165) is 19.4 Å². The van der Waals surface area contributed by atoms with Gasteiger partial charge in [-0.3, -0.25) is 4.79 Å². The van der Waals surface area contributed by atoms with Crippen LogP contribution in [0.1, 0.15) is 24.0 Å². The molecule has 2 heteroatoms. The van der Waals surface area contributed by atoms with Gasteiger partial charge in [0.25, 0.3) is 0 Å². The summed E-state index contributed by atoms with van der Waals surface area (Å²) in [5.41, 5.74) is 2.82. The van der Waals surface area contributed by atoms with Gasteiger partial charge in [0.15, 0.2) is 0 Å². The van der Waals surface area contributed by atoms with Crippen LogP contribution in [0.25, 0.3) is 0 Å². The van der Waals surface area contributed by atoms with Gasteiger partial charge in [0.05, 0.1) is 0 Å². The summed E-state index contributed by atoms with van der Waals surface area (Å²) in [6, 6.07) is 8.46. The Kier molecular flexibility index (Phi) is 1.70. The van der Waals surface area contributed by atoms with Crippen molar-refractivity contribution in [3.05, 3.63) is 35.4 Å². The van der Waals surface area contributed by atoms with E-state index in [1.54, 1.807) is 0 Å². The highest BCUT2D eigenvalue weighted by molar-refractivity contribution is 5.85. The molecule has 78 valence electrons. The largest absolute Gasteiger partial charge is 0.355 e. The molecule has 2 fully saturated rings. The van der Waals surface area contributed by atoms with Crippen LogP contribution >= 0.6 is 0 Å². The molecule has 0 spiro atoms. The predicted octanol–water partition coefficient (Wildman–Crippen LogP) is 1.77. The summed E-state index contributed by atoms with van der Waals surface area (Å²) in [6.07, 6.45) is 2.21. The van der Waals surface area contributed by atoms with Crippen molar-refractivity contribution in [1.29, 1.82) is 0 Å². The van der Waals surface area contributed by atoms with E-state index in [4.69, 9.17) is 0 Å². The number of nitrogens with one attached hydrogen (secondary N) is 1. The number of carbonyl (C=O) groups is 1. The summed E-state index contributed by atoms with van der Waals surface area (Å²) in [6.45, 7) is 2.98. The minimum Gasteiger partial charge on any atom is -0.355 e. The van der Waals surface area contributed by atoms with Gasteiger partial charge in [0.1, 0.15) is 0 Å². The highest BCUT2D eigenvalue weighted by atomic mass is 16.2. The summed E-state index contributed by atoms with van der Waals surface area (Å²) >= 11 is 0. The molecule has 0 bridgehead atoms. The van der Waals surface area contributed by atoms with Crippen LogP contribution < -0.4 is 5.32 Å². The maximum Gasteiger partial charge on any atom is 0.224 e. The molecule has 2 atom stereocenters. The quantitative estimate of drug-likeness (QED) is 0.737. The third-order valence-electron chi connectivity index (χ3n) is 4.12. The molecule has 1 aliphatic carbocycles. The lowest BCUT2D eigenvalue weighted by Crippen LogP contribution is -2.45. The molecule has 1 N–H and O–H groups in total. The fourth-order valence-corrected chi connectivity index (χ4v) is 3.15. The smallest absolute Gasteiger partial charge is 0.224 e. The van der Waals surface area contributed by atoms with Crippen molar-refractivity contribution < 1.29 is 4.79 Å². The van der Waals surface area contributed by atoms with E-state index in [-0.39, 0.29) is 17.2 Å². The summed E-state index contributed by atoms with van der Waals surface area (Å²) in [7, 11) is 0. The van der Waals surface area contributed by atoms with Gasteiger partial charge in [-0.15, -0.1) is 0 Å². The van der Waals surface area contributed by atoms with Crippen molar-refractivity contribution in [1.82, 2.24) is 5.32 Å². The van der Waals surface area contributed by atoms with E-state index in [1.807, 2.05) is 0 Å². The normalized spacial score (nSPS) is 33.1. The molecule has 2 aliphatic rings. The minimum absolute atomic E-state index is 0.127. The second kappa shape index (κ2) is 2.84. The topological polar surface area (TPSA) is 29.1 Å². The first-order valence-electron chi connectivity index (χ1n) is 5.58. The Bertz CT molecular complexity index is 426. The van der Waals surface area contributed by atoms with E-state index in [2.05, 4.69) is 36.5 Å². The lowest BCUT2D eigenvalue weighted by atomic mass is 9.58. The van der Waals surface area contributed by atoms with Crippen molar-refractivity contribution in [2.24, 2.45) is 5.92 Å². The molecule has 1 aromatic rings. The molecule has 1 saturated carbocycles. The van der Waals surface area contributed by atoms with Crippen LogP contribution in [0.3, 0.4) is 0 Å². The molecule has 1 amide bonds. The number of carbonyl (C=O) groups excluding carboxylic acids is 1. The van der Waals surface area contributed by atoms with Gasteiger partial charge in [-0.05, 0) is 30.9 Å². The zero-order valence-corrected chi connectivity index (χ0v) is 8.92. The number of fused-ring (bicyclic) bond motifs is 1. The van der Waals surface area contributed by atoms with Crippen LogP contribution in [-0.2, 0) is 10.2 Å². The van der Waals surface area contributed by atoms with Crippen molar-refractivity contribution in [3.63, 3.8) is 0 Å². The Morgan fingerprint density at radius 1 is 1.40 bits per heavy atom. The highest BCUT2D eigenvalue weighted by Gasteiger charge is 2.56. The molecule has 15 heavy (non-hydrogen) atoms. The standard InChI is InChI=1S/C13H15NO/c1-9-4-2-3-5-10(9)13-7-6-11(13)12(15)14-8-13/h2-5,11H,6-8H2,1H3,(H,14,15). The third kappa shape index (κ3) is 1.02. The van der Waals surface area contributed by atoms with Gasteiger partial charge in [-0.25, -0.2) is 0 Å². The van der Waals surface area contributed by atoms with Gasteiger partial charge in [-0.1, -0.05) is 24.3 Å². The summed E-state index contributed by atoms with van der Waals surface area (Å²) < 4.78 is 0. The Morgan fingerprint density at radius 2 is 2.20 bits per heavy atom. The van der Waals surface area contributed by atoms with Crippen molar-refractivity contribution in [2.45, 2.75) is 25.2 Å². The fraction of sp³-hybridized carbons (Fsp3) is 0.462. The van der Waals surface area contributed by atoms with Crippen LogP contribution in [0, 0.1) is 12.8 Å². The Labute approximate surface area is 89.7 Å². The average molecular weight is 201 g/mol. The monoisotopic (exact) mass is 201 g/mol. The first-order chi connectivity index (χ1) is 7.24. The third-order valence-corrected chi connectivity index (χ3v) is 4.12. The molecule has 3 rings (SSSR count). The molecule has 1 heterocycles. The minimum atomic E-state index is 0.127. The Morgan fingerprint density at radius 3 is 2.80 bits per heavy atom. The number of hydrogen-bond acceptors (Lipinski definition) is 1. The van der Waals surface area contributed by atoms with Crippen LogP contribution in [0.5, 0.6) is 0 Å². The SMILES string of the molecule is Cc1ccccc1C12CCC1C(=O)NC2. The van der Waals surface area contributed by atoms with Crippen molar-refractivity contribution in [3.8, 4) is 0 Å². The Hall–Kier alpha value is -1.31. The molecule has 2 nitrogen and oxygen atoms in total. The number of hydrogen-bond donors (Lipinski definition) is 1. The zero-order valence-electron chi connectivity index (χ0n) is 8.92. The van der Waals surface area contributed by atoms with E-state index < -0.39 is 0 Å². The number of amides is 1. The number of rotatable bonds is 1. The molecular weight excluding hydrogens is 186 g/mol. The summed E-state index contributed by atoms with van der Waals surface area (Å²) in [5.74, 6) is 0.489. The first-order valence-corrected chi connectivity index (χ1v) is 5.58. The van der Waals surface area contributed by atoms with E-state index >= 15 is 0 Å². The summed E-state index contributed by atoms with van der Waals surface area (Å²) in [4.78, 5) is 11.6. The van der Waals surface area contributed by atoms with Gasteiger partial charge >= 0.3 is 0 Å². The van der Waals surface area contributed by atoms with Crippen LogP contribution in [0.2, 0.25) is 0 Å². The maximum absolute atomic E-state index is 11.6. The molecule has 2 unspecified atom stereocenters. The second-order valence-corrected chi connectivity index (χ2v) is 4.78. The predicted molar refractivity (Wildman–Crippen MR) is 58.6 cm³/mol. The van der Waals surface area contributed by atoms with Gasteiger partial charge in [-0.2, -0.15) is 0 Å². The molecular formula is C13H15NO. The van der Waals surface area contributed by atoms with Gasteiger partial charge in [0.2, 0.25) is 5.91 Å². The summed E-state index contributed by atoms with van der Waals surface area (Å²) in [5, 5.41) is 3.01. The first kappa shape index (κ1) is 8.96. The highest BCUT2D eigenvalue weighted by Crippen LogP contribution is 2.52. The van der Waals surface area contributed by atoms with Crippen LogP contribution in [-0.4, -0.2) is 12.5 Å². The number of benzene rings is 1. The fourth-order valence-electron chi connectivity index (χ4n) is 3.15. The maximum atomic E-state index is 11.6. The average Bonchev–Trinajstić information content (AvgIpc) is 2.40. The molecule has 0 aromatic heterocycles. The molecule has 1 aromatic carbocycles.